The van der Waals surface area contributed by atoms with Crippen molar-refractivity contribution in [1.82, 2.24) is 4.90 Å². The fraction of sp³-hybridized carbons (Fsp3) is 0.550. The Morgan fingerprint density at radius 3 is 2.19 bits per heavy atom. The smallest absolute Gasteiger partial charge is 0.412 e. The quantitative estimate of drug-likeness (QED) is 0.731. The van der Waals surface area contributed by atoms with E-state index in [1.807, 2.05) is 13.8 Å². The molecule has 0 heterocycles. The standard InChI is InChI=1S/C20H30N2O5/c1-7-26-17(23)13-22(12-14(2)3)18(24)15-8-10-16(11-9-15)21-19(25)27-20(4,5)6/h8-11,14H,7,12-13H2,1-6H3,(H,21,25). The first kappa shape index (κ1) is 22.5. The van der Waals surface area contributed by atoms with E-state index in [4.69, 9.17) is 9.47 Å². The lowest BCUT2D eigenvalue weighted by molar-refractivity contribution is -0.143. The van der Waals surface area contributed by atoms with Crippen LogP contribution in [-0.4, -0.2) is 48.2 Å². The summed E-state index contributed by atoms with van der Waals surface area (Å²) in [5.41, 5.74) is 0.348. The molecule has 2 amide bonds. The summed E-state index contributed by atoms with van der Waals surface area (Å²) in [6.07, 6.45) is -0.565. The van der Waals surface area contributed by atoms with Crippen LogP contribution in [0.1, 0.15) is 51.9 Å². The Morgan fingerprint density at radius 2 is 1.70 bits per heavy atom. The summed E-state index contributed by atoms with van der Waals surface area (Å²) < 4.78 is 10.1. The van der Waals surface area contributed by atoms with Crippen LogP contribution >= 0.6 is 0 Å². The maximum Gasteiger partial charge on any atom is 0.412 e. The molecule has 0 bridgehead atoms. The number of nitrogens with zero attached hydrogens (tertiary/aromatic N) is 1. The van der Waals surface area contributed by atoms with Crippen molar-refractivity contribution in [3.63, 3.8) is 0 Å². The topological polar surface area (TPSA) is 84.9 Å². The van der Waals surface area contributed by atoms with Gasteiger partial charge in [0.05, 0.1) is 6.61 Å². The molecule has 1 rings (SSSR count). The van der Waals surface area contributed by atoms with E-state index in [2.05, 4.69) is 5.32 Å². The predicted molar refractivity (Wildman–Crippen MR) is 104 cm³/mol. The molecule has 7 nitrogen and oxygen atoms in total. The van der Waals surface area contributed by atoms with Gasteiger partial charge in [0.2, 0.25) is 0 Å². The number of nitrogens with one attached hydrogen (secondary N) is 1. The summed E-state index contributed by atoms with van der Waals surface area (Å²) >= 11 is 0. The van der Waals surface area contributed by atoms with Crippen molar-refractivity contribution in [2.24, 2.45) is 5.92 Å². The van der Waals surface area contributed by atoms with Gasteiger partial charge in [-0.2, -0.15) is 0 Å². The van der Waals surface area contributed by atoms with Gasteiger partial charge in [0.25, 0.3) is 5.91 Å². The second-order valence-electron chi connectivity index (χ2n) is 7.59. The van der Waals surface area contributed by atoms with Crippen molar-refractivity contribution < 1.29 is 23.9 Å². The molecule has 0 spiro atoms. The van der Waals surface area contributed by atoms with Gasteiger partial charge in [0.15, 0.2) is 0 Å². The van der Waals surface area contributed by atoms with Crippen molar-refractivity contribution in [2.75, 3.05) is 25.0 Å². The molecule has 0 atom stereocenters. The van der Waals surface area contributed by atoms with Gasteiger partial charge in [0.1, 0.15) is 12.1 Å². The first-order chi connectivity index (χ1) is 12.5. The second kappa shape index (κ2) is 9.94. The van der Waals surface area contributed by atoms with Crippen LogP contribution in [0.15, 0.2) is 24.3 Å². The molecule has 0 saturated carbocycles. The lowest BCUT2D eigenvalue weighted by atomic mass is 10.1. The van der Waals surface area contributed by atoms with Crippen LogP contribution in [0.25, 0.3) is 0 Å². The zero-order valence-electron chi connectivity index (χ0n) is 17.0. The Kier molecular flexibility index (Phi) is 8.28. The largest absolute Gasteiger partial charge is 0.465 e. The minimum Gasteiger partial charge on any atom is -0.465 e. The minimum atomic E-state index is -0.593. The van der Waals surface area contributed by atoms with E-state index in [9.17, 15) is 14.4 Å². The van der Waals surface area contributed by atoms with E-state index < -0.39 is 17.7 Å². The first-order valence-corrected chi connectivity index (χ1v) is 9.06. The second-order valence-corrected chi connectivity index (χ2v) is 7.59. The highest BCUT2D eigenvalue weighted by molar-refractivity contribution is 5.96. The molecule has 0 fully saturated rings. The Morgan fingerprint density at radius 1 is 1.11 bits per heavy atom. The van der Waals surface area contributed by atoms with E-state index in [0.29, 0.717) is 17.8 Å². The molecule has 0 saturated heterocycles. The normalized spacial score (nSPS) is 11.1. The van der Waals surface area contributed by atoms with Gasteiger partial charge >= 0.3 is 12.1 Å². The summed E-state index contributed by atoms with van der Waals surface area (Å²) in [4.78, 5) is 37.8. The third kappa shape index (κ3) is 8.57. The predicted octanol–water partition coefficient (Wildman–Crippen LogP) is 3.69. The maximum atomic E-state index is 12.7. The number of anilines is 1. The van der Waals surface area contributed by atoms with E-state index >= 15 is 0 Å². The molecule has 27 heavy (non-hydrogen) atoms. The zero-order valence-corrected chi connectivity index (χ0v) is 17.0. The summed E-state index contributed by atoms with van der Waals surface area (Å²) in [7, 11) is 0. The van der Waals surface area contributed by atoms with Crippen LogP contribution in [0.2, 0.25) is 0 Å². The van der Waals surface area contributed by atoms with Crippen LogP contribution < -0.4 is 5.32 Å². The molecule has 1 aromatic carbocycles. The molecule has 0 aliphatic rings. The lowest BCUT2D eigenvalue weighted by Crippen LogP contribution is -2.39. The summed E-state index contributed by atoms with van der Waals surface area (Å²) in [6, 6.07) is 6.45. The Balaban J connectivity index is 2.82. The summed E-state index contributed by atoms with van der Waals surface area (Å²) in [5.74, 6) is -0.494. The highest BCUT2D eigenvalue weighted by atomic mass is 16.6. The van der Waals surface area contributed by atoms with Gasteiger partial charge in [-0.3, -0.25) is 14.9 Å². The number of hydrogen-bond donors (Lipinski definition) is 1. The number of esters is 1. The molecule has 1 N–H and O–H groups in total. The zero-order chi connectivity index (χ0) is 20.6. The van der Waals surface area contributed by atoms with Crippen LogP contribution in [-0.2, 0) is 14.3 Å². The average Bonchev–Trinajstić information content (AvgIpc) is 2.52. The number of benzene rings is 1. The van der Waals surface area contributed by atoms with E-state index in [0.717, 1.165) is 0 Å². The molecule has 0 aliphatic carbocycles. The number of carbonyl (C=O) groups is 3. The fourth-order valence-corrected chi connectivity index (χ4v) is 2.32. The van der Waals surface area contributed by atoms with Gasteiger partial charge in [-0.05, 0) is 57.9 Å². The van der Waals surface area contributed by atoms with Crippen molar-refractivity contribution >= 4 is 23.7 Å². The SMILES string of the molecule is CCOC(=O)CN(CC(C)C)C(=O)c1ccc(NC(=O)OC(C)(C)C)cc1. The van der Waals surface area contributed by atoms with Gasteiger partial charge < -0.3 is 14.4 Å². The van der Waals surface area contributed by atoms with Gasteiger partial charge in [-0.15, -0.1) is 0 Å². The molecule has 0 aromatic heterocycles. The molecule has 0 radical (unpaired) electrons. The Bertz CT molecular complexity index is 647. The maximum absolute atomic E-state index is 12.7. The molecule has 1 aromatic rings. The number of rotatable bonds is 7. The molecular formula is C20H30N2O5. The third-order valence-corrected chi connectivity index (χ3v) is 3.28. The van der Waals surface area contributed by atoms with E-state index in [1.54, 1.807) is 52.0 Å². The third-order valence-electron chi connectivity index (χ3n) is 3.28. The average molecular weight is 378 g/mol. The van der Waals surface area contributed by atoms with Crippen molar-refractivity contribution in [3.05, 3.63) is 29.8 Å². The molecule has 7 heteroatoms. The van der Waals surface area contributed by atoms with Crippen LogP contribution in [0, 0.1) is 5.92 Å². The molecule has 0 aliphatic heterocycles. The van der Waals surface area contributed by atoms with Crippen molar-refractivity contribution in [2.45, 2.75) is 47.1 Å². The van der Waals surface area contributed by atoms with E-state index in [-0.39, 0.29) is 25.0 Å². The van der Waals surface area contributed by atoms with Gasteiger partial charge in [0, 0.05) is 17.8 Å². The summed E-state index contributed by atoms with van der Waals surface area (Å²) in [5, 5.41) is 2.61. The highest BCUT2D eigenvalue weighted by Crippen LogP contribution is 2.15. The Hall–Kier alpha value is -2.57. The van der Waals surface area contributed by atoms with Crippen molar-refractivity contribution in [3.8, 4) is 0 Å². The van der Waals surface area contributed by atoms with Gasteiger partial charge in [-0.1, -0.05) is 13.8 Å². The highest BCUT2D eigenvalue weighted by Gasteiger charge is 2.21. The molecule has 150 valence electrons. The van der Waals surface area contributed by atoms with Crippen molar-refractivity contribution in [1.29, 1.82) is 0 Å². The van der Waals surface area contributed by atoms with Crippen LogP contribution in [0.3, 0.4) is 0 Å². The fourth-order valence-electron chi connectivity index (χ4n) is 2.32. The van der Waals surface area contributed by atoms with Crippen LogP contribution in [0.5, 0.6) is 0 Å². The molecular weight excluding hydrogens is 348 g/mol. The number of hydrogen-bond acceptors (Lipinski definition) is 5. The molecule has 0 unspecified atom stereocenters. The number of ether oxygens (including phenoxy) is 2. The van der Waals surface area contributed by atoms with E-state index in [1.165, 1.54) is 4.90 Å². The lowest BCUT2D eigenvalue weighted by Gasteiger charge is -2.24. The minimum absolute atomic E-state index is 0.0945. The Labute approximate surface area is 161 Å². The van der Waals surface area contributed by atoms with Crippen LogP contribution in [0.4, 0.5) is 10.5 Å². The number of amides is 2. The monoisotopic (exact) mass is 378 g/mol. The number of carbonyl (C=O) groups excluding carboxylic acids is 3. The first-order valence-electron chi connectivity index (χ1n) is 9.06. The van der Waals surface area contributed by atoms with Gasteiger partial charge in [-0.25, -0.2) is 4.79 Å². The summed E-state index contributed by atoms with van der Waals surface area (Å²) in [6.45, 7) is 11.6.